The molecule has 6 heteroatoms. The monoisotopic (exact) mass is 409 g/mol. The Balaban J connectivity index is 2.07. The number of halogens is 1. The van der Waals surface area contributed by atoms with Gasteiger partial charge in [-0.25, -0.2) is 0 Å². The molecule has 4 N–H and O–H groups in total. The van der Waals surface area contributed by atoms with E-state index in [9.17, 15) is 9.59 Å². The number of carbonyl (C=O) groups excluding carboxylic acids is 2. The standard InChI is InChI=1S/C16H16IN3O2/c1-9-3-5-14(12(18)7-9)20-16(22)15(21)19-13-6-4-11(17)8-10(13)2/h3-8H,18H2,1-2H3,(H,19,21)(H,20,22). The molecule has 2 aromatic carbocycles. The molecule has 22 heavy (non-hydrogen) atoms. The van der Waals surface area contributed by atoms with Gasteiger partial charge in [0.2, 0.25) is 0 Å². The normalized spacial score (nSPS) is 10.1. The molecule has 0 atom stereocenters. The fourth-order valence-corrected chi connectivity index (χ4v) is 2.57. The zero-order valence-corrected chi connectivity index (χ0v) is 14.4. The second-order valence-corrected chi connectivity index (χ2v) is 6.20. The summed E-state index contributed by atoms with van der Waals surface area (Å²) in [4.78, 5) is 23.9. The summed E-state index contributed by atoms with van der Waals surface area (Å²) in [5.74, 6) is -1.49. The summed E-state index contributed by atoms with van der Waals surface area (Å²) in [5.41, 5.74) is 9.14. The van der Waals surface area contributed by atoms with Gasteiger partial charge in [0, 0.05) is 9.26 Å². The highest BCUT2D eigenvalue weighted by molar-refractivity contribution is 14.1. The van der Waals surface area contributed by atoms with Gasteiger partial charge in [-0.05, 0) is 77.9 Å². The first-order valence-corrected chi connectivity index (χ1v) is 7.69. The molecule has 0 aromatic heterocycles. The number of aryl methyl sites for hydroxylation is 2. The van der Waals surface area contributed by atoms with Crippen LogP contribution in [0.1, 0.15) is 11.1 Å². The van der Waals surface area contributed by atoms with Crippen molar-refractivity contribution in [1.82, 2.24) is 0 Å². The van der Waals surface area contributed by atoms with Gasteiger partial charge >= 0.3 is 11.8 Å². The number of hydrogen-bond acceptors (Lipinski definition) is 3. The van der Waals surface area contributed by atoms with Gasteiger partial charge in [-0.15, -0.1) is 0 Å². The van der Waals surface area contributed by atoms with Crippen molar-refractivity contribution < 1.29 is 9.59 Å². The van der Waals surface area contributed by atoms with E-state index in [4.69, 9.17) is 5.73 Å². The highest BCUT2D eigenvalue weighted by Gasteiger charge is 2.16. The molecular weight excluding hydrogens is 393 g/mol. The topological polar surface area (TPSA) is 84.2 Å². The molecule has 114 valence electrons. The quantitative estimate of drug-likeness (QED) is 0.405. The molecule has 0 spiro atoms. The molecule has 0 radical (unpaired) electrons. The molecule has 0 saturated heterocycles. The Kier molecular flexibility index (Phi) is 5.02. The SMILES string of the molecule is Cc1ccc(NC(=O)C(=O)Nc2ccc(I)cc2C)c(N)c1. The summed E-state index contributed by atoms with van der Waals surface area (Å²) in [6, 6.07) is 10.8. The molecule has 0 saturated carbocycles. The maximum atomic E-state index is 12.0. The second-order valence-electron chi connectivity index (χ2n) is 4.96. The predicted octanol–water partition coefficient (Wildman–Crippen LogP) is 3.07. The molecule has 0 heterocycles. The molecule has 0 aliphatic heterocycles. The lowest BCUT2D eigenvalue weighted by Crippen LogP contribution is -2.29. The number of nitrogens with one attached hydrogen (secondary N) is 2. The van der Waals surface area contributed by atoms with E-state index in [0.29, 0.717) is 17.1 Å². The van der Waals surface area contributed by atoms with Crippen molar-refractivity contribution in [3.05, 3.63) is 51.1 Å². The van der Waals surface area contributed by atoms with E-state index in [1.807, 2.05) is 32.0 Å². The van der Waals surface area contributed by atoms with E-state index < -0.39 is 11.8 Å². The summed E-state index contributed by atoms with van der Waals surface area (Å²) in [7, 11) is 0. The van der Waals surface area contributed by atoms with Crippen molar-refractivity contribution in [2.24, 2.45) is 0 Å². The van der Waals surface area contributed by atoms with Gasteiger partial charge in [-0.1, -0.05) is 6.07 Å². The zero-order valence-electron chi connectivity index (χ0n) is 12.2. The van der Waals surface area contributed by atoms with Crippen LogP contribution in [-0.2, 0) is 9.59 Å². The van der Waals surface area contributed by atoms with Gasteiger partial charge in [0.25, 0.3) is 0 Å². The molecule has 0 aliphatic carbocycles. The van der Waals surface area contributed by atoms with Gasteiger partial charge in [0.15, 0.2) is 0 Å². The third-order valence-corrected chi connectivity index (χ3v) is 3.77. The fraction of sp³-hybridized carbons (Fsp3) is 0.125. The summed E-state index contributed by atoms with van der Waals surface area (Å²) >= 11 is 2.18. The van der Waals surface area contributed by atoms with E-state index in [2.05, 4.69) is 33.2 Å². The lowest BCUT2D eigenvalue weighted by atomic mass is 10.2. The Morgan fingerprint density at radius 1 is 0.955 bits per heavy atom. The van der Waals surface area contributed by atoms with Gasteiger partial charge in [-0.2, -0.15) is 0 Å². The highest BCUT2D eigenvalue weighted by Crippen LogP contribution is 2.20. The molecule has 5 nitrogen and oxygen atoms in total. The average molecular weight is 409 g/mol. The summed E-state index contributed by atoms with van der Waals surface area (Å²) in [5, 5.41) is 5.10. The number of nitrogens with two attached hydrogens (primary N) is 1. The minimum Gasteiger partial charge on any atom is -0.397 e. The van der Waals surface area contributed by atoms with E-state index in [1.54, 1.807) is 18.2 Å². The fourth-order valence-electron chi connectivity index (χ4n) is 1.92. The van der Waals surface area contributed by atoms with Crippen molar-refractivity contribution in [2.45, 2.75) is 13.8 Å². The number of nitrogen functional groups attached to an aromatic ring is 1. The smallest absolute Gasteiger partial charge is 0.314 e. The Hall–Kier alpha value is -2.09. The zero-order chi connectivity index (χ0) is 16.3. The van der Waals surface area contributed by atoms with E-state index >= 15 is 0 Å². The molecule has 2 rings (SSSR count). The number of carbonyl (C=O) groups is 2. The van der Waals surface area contributed by atoms with Crippen LogP contribution < -0.4 is 16.4 Å². The highest BCUT2D eigenvalue weighted by atomic mass is 127. The first-order chi connectivity index (χ1) is 10.4. The number of amides is 2. The van der Waals surface area contributed by atoms with Crippen LogP contribution in [0.2, 0.25) is 0 Å². The van der Waals surface area contributed by atoms with E-state index in [1.165, 1.54) is 0 Å². The van der Waals surface area contributed by atoms with Crippen LogP contribution in [0.3, 0.4) is 0 Å². The number of benzene rings is 2. The van der Waals surface area contributed by atoms with Crippen molar-refractivity contribution >= 4 is 51.5 Å². The van der Waals surface area contributed by atoms with Crippen LogP contribution in [0.25, 0.3) is 0 Å². The van der Waals surface area contributed by atoms with E-state index in [0.717, 1.165) is 14.7 Å². The maximum absolute atomic E-state index is 12.0. The van der Waals surface area contributed by atoms with Gasteiger partial charge in [0.05, 0.1) is 11.4 Å². The van der Waals surface area contributed by atoms with Crippen molar-refractivity contribution in [3.8, 4) is 0 Å². The second kappa shape index (κ2) is 6.78. The molecule has 0 fully saturated rings. The maximum Gasteiger partial charge on any atom is 0.314 e. The molecule has 0 aliphatic rings. The van der Waals surface area contributed by atoms with Crippen LogP contribution in [0.4, 0.5) is 17.1 Å². The minimum atomic E-state index is -0.756. The van der Waals surface area contributed by atoms with Gasteiger partial charge in [0.1, 0.15) is 0 Å². The number of hydrogen-bond donors (Lipinski definition) is 3. The molecule has 0 unspecified atom stereocenters. The summed E-state index contributed by atoms with van der Waals surface area (Å²) in [6.45, 7) is 3.77. The van der Waals surface area contributed by atoms with Crippen LogP contribution >= 0.6 is 22.6 Å². The van der Waals surface area contributed by atoms with Crippen molar-refractivity contribution in [2.75, 3.05) is 16.4 Å². The van der Waals surface area contributed by atoms with Crippen LogP contribution in [0, 0.1) is 17.4 Å². The Morgan fingerprint density at radius 3 is 2.14 bits per heavy atom. The Bertz CT molecular complexity index is 681. The van der Waals surface area contributed by atoms with Gasteiger partial charge in [-0.3, -0.25) is 9.59 Å². The average Bonchev–Trinajstić information content (AvgIpc) is 2.44. The Morgan fingerprint density at radius 2 is 1.55 bits per heavy atom. The van der Waals surface area contributed by atoms with Crippen molar-refractivity contribution in [1.29, 1.82) is 0 Å². The largest absolute Gasteiger partial charge is 0.397 e. The van der Waals surface area contributed by atoms with Gasteiger partial charge < -0.3 is 16.4 Å². The van der Waals surface area contributed by atoms with Crippen molar-refractivity contribution in [3.63, 3.8) is 0 Å². The summed E-state index contributed by atoms with van der Waals surface area (Å²) < 4.78 is 1.06. The number of rotatable bonds is 2. The number of anilines is 3. The first-order valence-electron chi connectivity index (χ1n) is 6.61. The predicted molar refractivity (Wildman–Crippen MR) is 96.7 cm³/mol. The first kappa shape index (κ1) is 16.3. The van der Waals surface area contributed by atoms with Crippen LogP contribution in [0.5, 0.6) is 0 Å². The lowest BCUT2D eigenvalue weighted by Gasteiger charge is -2.10. The van der Waals surface area contributed by atoms with Crippen LogP contribution in [-0.4, -0.2) is 11.8 Å². The summed E-state index contributed by atoms with van der Waals surface area (Å²) in [6.07, 6.45) is 0. The third-order valence-electron chi connectivity index (χ3n) is 3.10. The molecule has 2 aromatic rings. The minimum absolute atomic E-state index is 0.421. The third kappa shape index (κ3) is 3.97. The lowest BCUT2D eigenvalue weighted by molar-refractivity contribution is -0.132. The molecule has 2 amide bonds. The molecule has 0 bridgehead atoms. The Labute approximate surface area is 142 Å². The van der Waals surface area contributed by atoms with E-state index in [-0.39, 0.29) is 0 Å². The molecular formula is C16H16IN3O2. The van der Waals surface area contributed by atoms with Crippen LogP contribution in [0.15, 0.2) is 36.4 Å².